The fraction of sp³-hybridized carbons (Fsp3) is 0.429. The lowest BCUT2D eigenvalue weighted by molar-refractivity contribution is -0.139. The highest BCUT2D eigenvalue weighted by Crippen LogP contribution is 2.18. The van der Waals surface area contributed by atoms with E-state index in [9.17, 15) is 9.59 Å². The molecule has 2 heterocycles. The zero-order chi connectivity index (χ0) is 14.5. The van der Waals surface area contributed by atoms with Crippen LogP contribution in [0.25, 0.3) is 0 Å². The predicted octanol–water partition coefficient (Wildman–Crippen LogP) is 0.329. The molecular formula is C14H16N2O3S. The van der Waals surface area contributed by atoms with E-state index in [0.29, 0.717) is 13.0 Å². The molecule has 0 aromatic carbocycles. The number of nitrogens with one attached hydrogen (secondary N) is 1. The topological polar surface area (TPSA) is 69.6 Å². The highest BCUT2D eigenvalue weighted by Gasteiger charge is 2.30. The standard InChI is InChI=1S/C14H16N2O3S/c1-10-14(19)15-13(18)8-16(10)7-12-6-11(9-20-12)4-2-3-5-17/h6,9-10,17H,3,5,7-8H2,1H3,(H,15,18,19). The second-order valence-corrected chi connectivity index (χ2v) is 5.57. The highest BCUT2D eigenvalue weighted by atomic mass is 32.1. The van der Waals surface area contributed by atoms with E-state index in [2.05, 4.69) is 17.2 Å². The molecule has 0 bridgehead atoms. The summed E-state index contributed by atoms with van der Waals surface area (Å²) in [5.74, 6) is 5.33. The second kappa shape index (κ2) is 6.66. The van der Waals surface area contributed by atoms with Crippen molar-refractivity contribution in [1.82, 2.24) is 10.2 Å². The molecule has 1 aromatic rings. The van der Waals surface area contributed by atoms with Gasteiger partial charge in [-0.05, 0) is 13.0 Å². The Labute approximate surface area is 121 Å². The van der Waals surface area contributed by atoms with Gasteiger partial charge in [0.25, 0.3) is 0 Å². The third-order valence-electron chi connectivity index (χ3n) is 3.02. The molecule has 2 rings (SSSR count). The minimum atomic E-state index is -0.307. The third-order valence-corrected chi connectivity index (χ3v) is 3.94. The maximum absolute atomic E-state index is 11.6. The normalized spacial score (nSPS) is 19.4. The van der Waals surface area contributed by atoms with Gasteiger partial charge in [0, 0.05) is 28.8 Å². The van der Waals surface area contributed by atoms with Crippen molar-refractivity contribution in [1.29, 1.82) is 0 Å². The molecule has 2 amide bonds. The van der Waals surface area contributed by atoms with Crippen molar-refractivity contribution in [3.63, 3.8) is 0 Å². The summed E-state index contributed by atoms with van der Waals surface area (Å²) in [5, 5.41) is 12.9. The molecule has 20 heavy (non-hydrogen) atoms. The molecule has 1 aliphatic heterocycles. The molecule has 1 aromatic heterocycles. The summed E-state index contributed by atoms with van der Waals surface area (Å²) in [4.78, 5) is 25.9. The number of piperazine rings is 1. The van der Waals surface area contributed by atoms with Crippen LogP contribution in [0.2, 0.25) is 0 Å². The van der Waals surface area contributed by atoms with Gasteiger partial charge in [-0.15, -0.1) is 11.3 Å². The number of amides is 2. The van der Waals surface area contributed by atoms with Crippen molar-refractivity contribution in [2.75, 3.05) is 13.2 Å². The van der Waals surface area contributed by atoms with Crippen molar-refractivity contribution < 1.29 is 14.7 Å². The summed E-state index contributed by atoms with van der Waals surface area (Å²) in [5.41, 5.74) is 0.902. The van der Waals surface area contributed by atoms with Gasteiger partial charge < -0.3 is 5.11 Å². The molecule has 6 heteroatoms. The van der Waals surface area contributed by atoms with Crippen LogP contribution in [0.15, 0.2) is 11.4 Å². The van der Waals surface area contributed by atoms with Crippen LogP contribution in [0, 0.1) is 11.8 Å². The molecular weight excluding hydrogens is 276 g/mol. The van der Waals surface area contributed by atoms with E-state index >= 15 is 0 Å². The van der Waals surface area contributed by atoms with E-state index in [1.165, 1.54) is 0 Å². The maximum Gasteiger partial charge on any atom is 0.243 e. The van der Waals surface area contributed by atoms with Gasteiger partial charge in [-0.3, -0.25) is 19.8 Å². The first kappa shape index (κ1) is 14.7. The fourth-order valence-electron chi connectivity index (χ4n) is 1.91. The van der Waals surface area contributed by atoms with Gasteiger partial charge in [0.15, 0.2) is 0 Å². The molecule has 1 fully saturated rings. The number of carbonyl (C=O) groups is 2. The van der Waals surface area contributed by atoms with Crippen LogP contribution < -0.4 is 5.32 Å². The molecule has 0 radical (unpaired) electrons. The summed E-state index contributed by atoms with van der Waals surface area (Å²) in [6, 6.07) is 1.65. The van der Waals surface area contributed by atoms with Crippen LogP contribution in [0.1, 0.15) is 23.8 Å². The van der Waals surface area contributed by atoms with Gasteiger partial charge in [-0.1, -0.05) is 11.8 Å². The van der Waals surface area contributed by atoms with Crippen LogP contribution in [0.4, 0.5) is 0 Å². The second-order valence-electron chi connectivity index (χ2n) is 4.57. The Bertz CT molecular complexity index is 570. The number of carbonyl (C=O) groups excluding carboxylic acids is 2. The lowest BCUT2D eigenvalue weighted by Crippen LogP contribution is -2.56. The molecule has 1 atom stereocenters. The fourth-order valence-corrected chi connectivity index (χ4v) is 2.75. The number of hydrogen-bond acceptors (Lipinski definition) is 5. The van der Waals surface area contributed by atoms with Crippen molar-refractivity contribution >= 4 is 23.2 Å². The van der Waals surface area contributed by atoms with Crippen LogP contribution in [0.3, 0.4) is 0 Å². The van der Waals surface area contributed by atoms with Crippen molar-refractivity contribution in [2.45, 2.75) is 25.9 Å². The van der Waals surface area contributed by atoms with Crippen LogP contribution >= 0.6 is 11.3 Å². The van der Waals surface area contributed by atoms with Crippen LogP contribution in [0.5, 0.6) is 0 Å². The van der Waals surface area contributed by atoms with E-state index in [-0.39, 0.29) is 31.0 Å². The zero-order valence-corrected chi connectivity index (χ0v) is 12.0. The zero-order valence-electron chi connectivity index (χ0n) is 11.2. The van der Waals surface area contributed by atoms with Gasteiger partial charge in [0.2, 0.25) is 11.8 Å². The lowest BCUT2D eigenvalue weighted by Gasteiger charge is -2.30. The summed E-state index contributed by atoms with van der Waals surface area (Å²) < 4.78 is 0. The quantitative estimate of drug-likeness (QED) is 0.622. The Kier molecular flexibility index (Phi) is 4.90. The van der Waals surface area contributed by atoms with E-state index in [1.807, 2.05) is 16.3 Å². The number of aliphatic hydroxyl groups excluding tert-OH is 1. The van der Waals surface area contributed by atoms with E-state index in [1.54, 1.807) is 18.3 Å². The molecule has 1 saturated heterocycles. The molecule has 1 aliphatic rings. The first-order chi connectivity index (χ1) is 9.60. The van der Waals surface area contributed by atoms with E-state index in [0.717, 1.165) is 10.4 Å². The molecule has 5 nitrogen and oxygen atoms in total. The van der Waals surface area contributed by atoms with E-state index in [4.69, 9.17) is 5.11 Å². The van der Waals surface area contributed by atoms with Gasteiger partial charge in [-0.2, -0.15) is 0 Å². The van der Waals surface area contributed by atoms with E-state index < -0.39 is 0 Å². The average molecular weight is 292 g/mol. The third kappa shape index (κ3) is 3.67. The molecule has 0 saturated carbocycles. The number of rotatable bonds is 3. The Morgan fingerprint density at radius 1 is 1.55 bits per heavy atom. The molecule has 106 valence electrons. The summed E-state index contributed by atoms with van der Waals surface area (Å²) in [6.07, 6.45) is 0.461. The van der Waals surface area contributed by atoms with Gasteiger partial charge in [0.05, 0.1) is 19.2 Å². The minimum Gasteiger partial charge on any atom is -0.395 e. The Balaban J connectivity index is 2.01. The summed E-state index contributed by atoms with van der Waals surface area (Å²) in [7, 11) is 0. The monoisotopic (exact) mass is 292 g/mol. The number of imide groups is 1. The smallest absolute Gasteiger partial charge is 0.243 e. The van der Waals surface area contributed by atoms with Crippen LogP contribution in [-0.4, -0.2) is 41.0 Å². The molecule has 0 aliphatic carbocycles. The minimum absolute atomic E-state index is 0.0620. The van der Waals surface area contributed by atoms with Crippen molar-refractivity contribution in [3.05, 3.63) is 21.9 Å². The average Bonchev–Trinajstić information content (AvgIpc) is 2.83. The highest BCUT2D eigenvalue weighted by molar-refractivity contribution is 7.10. The van der Waals surface area contributed by atoms with Crippen molar-refractivity contribution in [2.24, 2.45) is 0 Å². The molecule has 1 unspecified atom stereocenters. The first-order valence-corrected chi connectivity index (χ1v) is 7.23. The Morgan fingerprint density at radius 2 is 2.35 bits per heavy atom. The van der Waals surface area contributed by atoms with Gasteiger partial charge in [-0.25, -0.2) is 0 Å². The summed E-state index contributed by atoms with van der Waals surface area (Å²) >= 11 is 1.56. The molecule has 2 N–H and O–H groups in total. The van der Waals surface area contributed by atoms with Gasteiger partial charge >= 0.3 is 0 Å². The number of nitrogens with zero attached hydrogens (tertiary/aromatic N) is 1. The maximum atomic E-state index is 11.6. The summed E-state index contributed by atoms with van der Waals surface area (Å²) in [6.45, 7) is 2.65. The lowest BCUT2D eigenvalue weighted by atomic mass is 10.2. The Hall–Kier alpha value is -1.68. The number of aliphatic hydroxyl groups is 1. The first-order valence-electron chi connectivity index (χ1n) is 6.35. The number of hydrogen-bond donors (Lipinski definition) is 2. The van der Waals surface area contributed by atoms with Crippen molar-refractivity contribution in [3.8, 4) is 11.8 Å². The van der Waals surface area contributed by atoms with Gasteiger partial charge in [0.1, 0.15) is 0 Å². The Morgan fingerprint density at radius 3 is 3.10 bits per heavy atom. The SMILES string of the molecule is CC1C(=O)NC(=O)CN1Cc1cc(C#CCCO)cs1. The molecule has 0 spiro atoms. The van der Waals surface area contributed by atoms with Crippen LogP contribution in [-0.2, 0) is 16.1 Å². The number of thiophene rings is 1. The predicted molar refractivity (Wildman–Crippen MR) is 75.9 cm³/mol. The largest absolute Gasteiger partial charge is 0.395 e.